The Kier molecular flexibility index (Phi) is 5.87. The van der Waals surface area contributed by atoms with E-state index < -0.39 is 0 Å². The van der Waals surface area contributed by atoms with Crippen molar-refractivity contribution in [1.82, 2.24) is 4.90 Å². The number of piperidine rings is 1. The number of amides is 1. The Morgan fingerprint density at radius 2 is 1.91 bits per heavy atom. The lowest BCUT2D eigenvalue weighted by molar-refractivity contribution is -0.133. The van der Waals surface area contributed by atoms with Crippen LogP contribution >= 0.6 is 0 Å². The largest absolute Gasteiger partial charge is 0.381 e. The van der Waals surface area contributed by atoms with Gasteiger partial charge in [0, 0.05) is 31.2 Å². The van der Waals surface area contributed by atoms with Gasteiger partial charge in [0.05, 0.1) is 0 Å². The lowest BCUT2D eigenvalue weighted by atomic mass is 10.0. The molecule has 1 unspecified atom stereocenters. The van der Waals surface area contributed by atoms with Crippen LogP contribution in [-0.2, 0) is 4.79 Å². The lowest BCUT2D eigenvalue weighted by Gasteiger charge is -2.34. The number of likely N-dealkylation sites (tertiary alicyclic amines) is 1. The maximum Gasteiger partial charge on any atom is 0.222 e. The Morgan fingerprint density at radius 3 is 2.50 bits per heavy atom. The normalized spacial score (nSPS) is 18.8. The van der Waals surface area contributed by atoms with Crippen LogP contribution in [-0.4, -0.2) is 29.9 Å². The van der Waals surface area contributed by atoms with Gasteiger partial charge >= 0.3 is 0 Å². The first-order chi connectivity index (χ1) is 10.5. The van der Waals surface area contributed by atoms with Crippen molar-refractivity contribution < 1.29 is 4.79 Å². The summed E-state index contributed by atoms with van der Waals surface area (Å²) in [5.74, 6) is 1.30. The smallest absolute Gasteiger partial charge is 0.222 e. The van der Waals surface area contributed by atoms with Crippen molar-refractivity contribution in [3.8, 4) is 0 Å². The van der Waals surface area contributed by atoms with Gasteiger partial charge in [-0.25, -0.2) is 0 Å². The summed E-state index contributed by atoms with van der Waals surface area (Å²) >= 11 is 0. The summed E-state index contributed by atoms with van der Waals surface area (Å²) in [5.41, 5.74) is 2.52. The molecule has 0 spiro atoms. The molecule has 1 heterocycles. The van der Waals surface area contributed by atoms with Crippen LogP contribution in [0.25, 0.3) is 0 Å². The number of anilines is 1. The fourth-order valence-electron chi connectivity index (χ4n) is 3.00. The van der Waals surface area contributed by atoms with E-state index in [-0.39, 0.29) is 0 Å². The van der Waals surface area contributed by atoms with Crippen molar-refractivity contribution in [3.05, 3.63) is 29.8 Å². The first-order valence-corrected chi connectivity index (χ1v) is 8.60. The third-order valence-electron chi connectivity index (χ3n) is 4.31. The predicted octanol–water partition coefficient (Wildman–Crippen LogP) is 4.26. The van der Waals surface area contributed by atoms with Crippen molar-refractivity contribution in [2.45, 2.75) is 58.9 Å². The van der Waals surface area contributed by atoms with Crippen LogP contribution in [0, 0.1) is 5.92 Å². The van der Waals surface area contributed by atoms with Crippen LogP contribution in [0.1, 0.15) is 58.4 Å². The van der Waals surface area contributed by atoms with Gasteiger partial charge in [-0.3, -0.25) is 4.79 Å². The molecule has 1 atom stereocenters. The number of hydrogen-bond donors (Lipinski definition) is 1. The summed E-state index contributed by atoms with van der Waals surface area (Å²) in [5, 5.41) is 3.59. The van der Waals surface area contributed by atoms with Gasteiger partial charge in [-0.1, -0.05) is 39.8 Å². The molecular weight excluding hydrogens is 272 g/mol. The summed E-state index contributed by atoms with van der Waals surface area (Å²) in [6.45, 7) is 10.4. The third-order valence-corrected chi connectivity index (χ3v) is 4.31. The van der Waals surface area contributed by atoms with Gasteiger partial charge in [0.15, 0.2) is 0 Å². The second-order valence-electron chi connectivity index (χ2n) is 7.20. The summed E-state index contributed by atoms with van der Waals surface area (Å²) < 4.78 is 0. The maximum atomic E-state index is 12.2. The highest BCUT2D eigenvalue weighted by Crippen LogP contribution is 2.20. The minimum atomic E-state index is 0.302. The van der Waals surface area contributed by atoms with E-state index in [1.165, 1.54) is 5.56 Å². The molecule has 3 heteroatoms. The van der Waals surface area contributed by atoms with Crippen molar-refractivity contribution in [2.24, 2.45) is 5.92 Å². The van der Waals surface area contributed by atoms with Gasteiger partial charge in [-0.15, -0.1) is 0 Å². The van der Waals surface area contributed by atoms with Crippen molar-refractivity contribution in [3.63, 3.8) is 0 Å². The van der Waals surface area contributed by atoms with Crippen molar-refractivity contribution >= 4 is 11.6 Å². The van der Waals surface area contributed by atoms with Gasteiger partial charge in [0.25, 0.3) is 0 Å². The highest BCUT2D eigenvalue weighted by atomic mass is 16.2. The maximum absolute atomic E-state index is 12.2. The first-order valence-electron chi connectivity index (χ1n) is 8.60. The van der Waals surface area contributed by atoms with Crippen LogP contribution in [0.15, 0.2) is 24.3 Å². The van der Waals surface area contributed by atoms with E-state index >= 15 is 0 Å². The molecule has 2 rings (SSSR count). The molecule has 1 aliphatic rings. The fraction of sp³-hybridized carbons (Fsp3) is 0.632. The highest BCUT2D eigenvalue weighted by molar-refractivity contribution is 5.76. The van der Waals surface area contributed by atoms with Crippen LogP contribution in [0.2, 0.25) is 0 Å². The van der Waals surface area contributed by atoms with Gasteiger partial charge < -0.3 is 10.2 Å². The third kappa shape index (κ3) is 4.75. The van der Waals surface area contributed by atoms with E-state index in [9.17, 15) is 4.79 Å². The lowest BCUT2D eigenvalue weighted by Crippen LogP contribution is -2.45. The number of nitrogens with zero attached hydrogens (tertiary/aromatic N) is 1. The summed E-state index contributed by atoms with van der Waals surface area (Å²) in [4.78, 5) is 14.3. The standard InChI is InChI=1S/C19H30N2O/c1-14(2)12-19(22)21-11-5-6-18(13-21)20-17-9-7-16(8-10-17)15(3)4/h7-10,14-15,18,20H,5-6,11-13H2,1-4H3. The molecule has 1 N–H and O–H groups in total. The van der Waals surface area contributed by atoms with Crippen molar-refractivity contribution in [1.29, 1.82) is 0 Å². The fourth-order valence-corrected chi connectivity index (χ4v) is 3.00. The Balaban J connectivity index is 1.91. The van der Waals surface area contributed by atoms with Gasteiger partial charge in [-0.05, 0) is 42.4 Å². The molecule has 1 fully saturated rings. The molecular formula is C19H30N2O. The summed E-state index contributed by atoms with van der Waals surface area (Å²) in [7, 11) is 0. The molecule has 1 aromatic rings. The molecule has 3 nitrogen and oxygen atoms in total. The van der Waals surface area contributed by atoms with Crippen LogP contribution in [0.5, 0.6) is 0 Å². The predicted molar refractivity (Wildman–Crippen MR) is 93.2 cm³/mol. The number of carbonyl (C=O) groups excluding carboxylic acids is 1. The topological polar surface area (TPSA) is 32.3 Å². The van der Waals surface area contributed by atoms with Crippen molar-refractivity contribution in [2.75, 3.05) is 18.4 Å². The average Bonchev–Trinajstić information content (AvgIpc) is 2.47. The molecule has 0 bridgehead atoms. The second kappa shape index (κ2) is 7.66. The molecule has 0 saturated carbocycles. The minimum absolute atomic E-state index is 0.302. The molecule has 0 aromatic heterocycles. The highest BCUT2D eigenvalue weighted by Gasteiger charge is 2.23. The Morgan fingerprint density at radius 1 is 1.23 bits per heavy atom. The number of hydrogen-bond acceptors (Lipinski definition) is 2. The number of carbonyl (C=O) groups is 1. The molecule has 1 aliphatic heterocycles. The minimum Gasteiger partial charge on any atom is -0.381 e. The zero-order valence-corrected chi connectivity index (χ0v) is 14.4. The first kappa shape index (κ1) is 16.9. The summed E-state index contributed by atoms with van der Waals surface area (Å²) in [6, 6.07) is 9.07. The number of benzene rings is 1. The second-order valence-corrected chi connectivity index (χ2v) is 7.20. The van der Waals surface area contributed by atoms with Gasteiger partial charge in [0.2, 0.25) is 5.91 Å². The quantitative estimate of drug-likeness (QED) is 0.881. The number of nitrogens with one attached hydrogen (secondary N) is 1. The molecule has 0 radical (unpaired) electrons. The zero-order chi connectivity index (χ0) is 16.1. The van der Waals surface area contributed by atoms with E-state index in [4.69, 9.17) is 0 Å². The van der Waals surface area contributed by atoms with Crippen LogP contribution in [0.4, 0.5) is 5.69 Å². The average molecular weight is 302 g/mol. The SMILES string of the molecule is CC(C)CC(=O)N1CCCC(Nc2ccc(C(C)C)cc2)C1. The van der Waals surface area contributed by atoms with E-state index in [0.29, 0.717) is 30.2 Å². The van der Waals surface area contributed by atoms with Gasteiger partial charge in [0.1, 0.15) is 0 Å². The van der Waals surface area contributed by atoms with E-state index in [1.807, 2.05) is 4.90 Å². The van der Waals surface area contributed by atoms with E-state index in [1.54, 1.807) is 0 Å². The Labute approximate surface area is 135 Å². The Bertz CT molecular complexity index is 479. The van der Waals surface area contributed by atoms with Crippen LogP contribution in [0.3, 0.4) is 0 Å². The number of rotatable bonds is 5. The molecule has 1 saturated heterocycles. The molecule has 0 aliphatic carbocycles. The molecule has 22 heavy (non-hydrogen) atoms. The molecule has 1 amide bonds. The van der Waals surface area contributed by atoms with Gasteiger partial charge in [-0.2, -0.15) is 0 Å². The van der Waals surface area contributed by atoms with E-state index in [2.05, 4.69) is 57.3 Å². The molecule has 122 valence electrons. The zero-order valence-electron chi connectivity index (χ0n) is 14.4. The van der Waals surface area contributed by atoms with Crippen LogP contribution < -0.4 is 5.32 Å². The van der Waals surface area contributed by atoms with E-state index in [0.717, 1.165) is 31.6 Å². The monoisotopic (exact) mass is 302 g/mol. The summed E-state index contributed by atoms with van der Waals surface area (Å²) in [6.07, 6.45) is 2.89. The Hall–Kier alpha value is -1.51. The molecule has 1 aromatic carbocycles.